The molecule has 0 aromatic carbocycles. The lowest BCUT2D eigenvalue weighted by atomic mass is 10.00. The highest BCUT2D eigenvalue weighted by atomic mass is 16.1. The molecule has 1 amide bonds. The van der Waals surface area contributed by atoms with Crippen LogP contribution in [0, 0.1) is 5.92 Å². The number of hydrogen-bond acceptors (Lipinski definition) is 2. The van der Waals surface area contributed by atoms with Crippen LogP contribution in [0.25, 0.3) is 0 Å². The van der Waals surface area contributed by atoms with Crippen LogP contribution in [0.3, 0.4) is 0 Å². The Balaban J connectivity index is 1.61. The van der Waals surface area contributed by atoms with Gasteiger partial charge >= 0.3 is 0 Å². The first-order valence-electron chi connectivity index (χ1n) is 7.28. The van der Waals surface area contributed by atoms with E-state index < -0.39 is 0 Å². The quantitative estimate of drug-likeness (QED) is 0.771. The first-order valence-corrected chi connectivity index (χ1v) is 7.28. The van der Waals surface area contributed by atoms with E-state index in [0.29, 0.717) is 18.6 Å². The summed E-state index contributed by atoms with van der Waals surface area (Å²) in [5.41, 5.74) is 0. The first kappa shape index (κ1) is 12.9. The van der Waals surface area contributed by atoms with E-state index in [1.807, 2.05) is 0 Å². The smallest absolute Gasteiger partial charge is 0.234 e. The normalized spacial score (nSPS) is 24.1. The second kappa shape index (κ2) is 6.39. The lowest BCUT2D eigenvalue weighted by Gasteiger charge is -2.20. The number of carbonyl (C=O) groups excluding carboxylic acids is 1. The van der Waals surface area contributed by atoms with E-state index in [1.54, 1.807) is 0 Å². The van der Waals surface area contributed by atoms with Gasteiger partial charge < -0.3 is 10.6 Å². The third-order valence-corrected chi connectivity index (χ3v) is 4.41. The molecule has 98 valence electrons. The second-order valence-electron chi connectivity index (χ2n) is 5.76. The predicted molar refractivity (Wildman–Crippen MR) is 69.8 cm³/mol. The highest BCUT2D eigenvalue weighted by Crippen LogP contribution is 2.27. The molecule has 1 atom stereocenters. The van der Waals surface area contributed by atoms with Gasteiger partial charge in [0, 0.05) is 12.1 Å². The van der Waals surface area contributed by atoms with Crippen molar-refractivity contribution in [3.05, 3.63) is 0 Å². The van der Waals surface area contributed by atoms with E-state index in [4.69, 9.17) is 0 Å². The summed E-state index contributed by atoms with van der Waals surface area (Å²) >= 11 is 0. The molecule has 2 N–H and O–H groups in total. The molecule has 17 heavy (non-hydrogen) atoms. The van der Waals surface area contributed by atoms with Crippen LogP contribution in [-0.2, 0) is 4.79 Å². The Hall–Kier alpha value is -0.570. The van der Waals surface area contributed by atoms with Gasteiger partial charge in [0.15, 0.2) is 0 Å². The van der Waals surface area contributed by atoms with Crippen molar-refractivity contribution in [3.8, 4) is 0 Å². The fourth-order valence-electron chi connectivity index (χ4n) is 3.23. The fourth-order valence-corrected chi connectivity index (χ4v) is 3.23. The van der Waals surface area contributed by atoms with Gasteiger partial charge in [-0.15, -0.1) is 0 Å². The predicted octanol–water partition coefficient (Wildman–Crippen LogP) is 2.21. The molecule has 3 heteroatoms. The van der Waals surface area contributed by atoms with Crippen molar-refractivity contribution in [1.82, 2.24) is 10.6 Å². The van der Waals surface area contributed by atoms with Gasteiger partial charge in [-0.2, -0.15) is 0 Å². The van der Waals surface area contributed by atoms with Crippen molar-refractivity contribution in [2.75, 3.05) is 6.54 Å². The zero-order valence-corrected chi connectivity index (χ0v) is 11.0. The summed E-state index contributed by atoms with van der Waals surface area (Å²) in [6.07, 6.45) is 10.3. The third-order valence-electron chi connectivity index (χ3n) is 4.41. The van der Waals surface area contributed by atoms with Gasteiger partial charge in [-0.25, -0.2) is 0 Å². The Labute approximate surface area is 105 Å². The summed E-state index contributed by atoms with van der Waals surface area (Å²) in [5, 5.41) is 6.51. The van der Waals surface area contributed by atoms with Gasteiger partial charge in [-0.3, -0.25) is 4.79 Å². The third kappa shape index (κ3) is 3.98. The van der Waals surface area contributed by atoms with E-state index in [-0.39, 0.29) is 5.91 Å². The first-order chi connectivity index (χ1) is 8.25. The van der Waals surface area contributed by atoms with Crippen LogP contribution in [0.1, 0.15) is 58.3 Å². The second-order valence-corrected chi connectivity index (χ2v) is 5.76. The number of hydrogen-bond donors (Lipinski definition) is 2. The molecule has 2 aliphatic rings. The molecule has 2 aliphatic carbocycles. The SMILES string of the molecule is C[C@H](NCC(=O)NC1CCCC1)C1CCCC1. The van der Waals surface area contributed by atoms with Crippen LogP contribution >= 0.6 is 0 Å². The summed E-state index contributed by atoms with van der Waals surface area (Å²) in [5.74, 6) is 0.969. The summed E-state index contributed by atoms with van der Waals surface area (Å²) in [6.45, 7) is 2.72. The highest BCUT2D eigenvalue weighted by Gasteiger charge is 2.22. The van der Waals surface area contributed by atoms with Gasteiger partial charge in [0.1, 0.15) is 0 Å². The highest BCUT2D eigenvalue weighted by molar-refractivity contribution is 5.78. The minimum atomic E-state index is 0.182. The molecule has 2 rings (SSSR count). The van der Waals surface area contributed by atoms with Crippen molar-refractivity contribution >= 4 is 5.91 Å². The number of carbonyl (C=O) groups is 1. The van der Waals surface area contributed by atoms with Crippen molar-refractivity contribution in [3.63, 3.8) is 0 Å². The molecule has 2 saturated carbocycles. The standard InChI is InChI=1S/C14H26N2O/c1-11(12-6-2-3-7-12)15-10-14(17)16-13-8-4-5-9-13/h11-13,15H,2-10H2,1H3,(H,16,17)/t11-/m0/s1. The minimum Gasteiger partial charge on any atom is -0.352 e. The van der Waals surface area contributed by atoms with Crippen LogP contribution in [0.2, 0.25) is 0 Å². The molecule has 0 radical (unpaired) electrons. The van der Waals surface area contributed by atoms with Crippen LogP contribution in [0.15, 0.2) is 0 Å². The van der Waals surface area contributed by atoms with E-state index >= 15 is 0 Å². The van der Waals surface area contributed by atoms with E-state index in [2.05, 4.69) is 17.6 Å². The van der Waals surface area contributed by atoms with Crippen LogP contribution in [-0.4, -0.2) is 24.5 Å². The Kier molecular flexibility index (Phi) is 4.84. The zero-order chi connectivity index (χ0) is 12.1. The summed E-state index contributed by atoms with van der Waals surface area (Å²) in [6, 6.07) is 0.943. The van der Waals surface area contributed by atoms with Gasteiger partial charge in [-0.05, 0) is 38.5 Å². The number of amides is 1. The average Bonchev–Trinajstić information content (AvgIpc) is 2.97. The number of nitrogens with one attached hydrogen (secondary N) is 2. The van der Waals surface area contributed by atoms with Crippen LogP contribution < -0.4 is 10.6 Å². The zero-order valence-electron chi connectivity index (χ0n) is 11.0. The molecule has 0 aliphatic heterocycles. The van der Waals surface area contributed by atoms with E-state index in [1.165, 1.54) is 51.4 Å². The molecule has 0 heterocycles. The van der Waals surface area contributed by atoms with E-state index in [9.17, 15) is 4.79 Å². The maximum absolute atomic E-state index is 11.7. The number of rotatable bonds is 5. The molecule has 3 nitrogen and oxygen atoms in total. The van der Waals surface area contributed by atoms with Gasteiger partial charge in [0.2, 0.25) is 5.91 Å². The van der Waals surface area contributed by atoms with Gasteiger partial charge in [0.25, 0.3) is 0 Å². The Morgan fingerprint density at radius 2 is 1.71 bits per heavy atom. The Morgan fingerprint density at radius 1 is 1.12 bits per heavy atom. The van der Waals surface area contributed by atoms with Gasteiger partial charge in [0.05, 0.1) is 6.54 Å². The Bertz CT molecular complexity index is 243. The van der Waals surface area contributed by atoms with E-state index in [0.717, 1.165) is 5.92 Å². The maximum Gasteiger partial charge on any atom is 0.234 e. The van der Waals surface area contributed by atoms with Gasteiger partial charge in [-0.1, -0.05) is 25.7 Å². The molecule has 0 bridgehead atoms. The Morgan fingerprint density at radius 3 is 2.35 bits per heavy atom. The molecule has 2 fully saturated rings. The molecule has 0 spiro atoms. The molecular weight excluding hydrogens is 212 g/mol. The maximum atomic E-state index is 11.7. The largest absolute Gasteiger partial charge is 0.352 e. The van der Waals surface area contributed by atoms with Crippen molar-refractivity contribution in [2.45, 2.75) is 70.4 Å². The lowest BCUT2D eigenvalue weighted by molar-refractivity contribution is -0.121. The fraction of sp³-hybridized carbons (Fsp3) is 0.929. The summed E-state index contributed by atoms with van der Waals surface area (Å²) in [4.78, 5) is 11.7. The van der Waals surface area contributed by atoms with Crippen LogP contribution in [0.4, 0.5) is 0 Å². The molecular formula is C14H26N2O. The monoisotopic (exact) mass is 238 g/mol. The molecule has 0 aromatic heterocycles. The van der Waals surface area contributed by atoms with Crippen molar-refractivity contribution in [1.29, 1.82) is 0 Å². The molecule has 0 unspecified atom stereocenters. The summed E-state index contributed by atoms with van der Waals surface area (Å²) in [7, 11) is 0. The van der Waals surface area contributed by atoms with Crippen molar-refractivity contribution in [2.24, 2.45) is 5.92 Å². The molecule has 0 aromatic rings. The van der Waals surface area contributed by atoms with Crippen molar-refractivity contribution < 1.29 is 4.79 Å². The molecule has 0 saturated heterocycles. The summed E-state index contributed by atoms with van der Waals surface area (Å²) < 4.78 is 0. The lowest BCUT2D eigenvalue weighted by Crippen LogP contribution is -2.43. The minimum absolute atomic E-state index is 0.182. The average molecular weight is 238 g/mol. The van der Waals surface area contributed by atoms with Crippen LogP contribution in [0.5, 0.6) is 0 Å². The topological polar surface area (TPSA) is 41.1 Å².